The van der Waals surface area contributed by atoms with Crippen molar-refractivity contribution >= 4 is 5.65 Å². The number of hydrogen-bond acceptors (Lipinski definition) is 3. The summed E-state index contributed by atoms with van der Waals surface area (Å²) in [7, 11) is 3.85. The second kappa shape index (κ2) is 4.04. The number of likely N-dealkylation sites (tertiary alicyclic amines) is 1. The van der Waals surface area contributed by atoms with E-state index in [0.29, 0.717) is 5.92 Å². The maximum Gasteiger partial charge on any atom is 0.179 e. The fourth-order valence-electron chi connectivity index (χ4n) is 2.54. The molecule has 0 amide bonds. The van der Waals surface area contributed by atoms with Crippen molar-refractivity contribution in [3.05, 3.63) is 30.2 Å². The predicted molar refractivity (Wildman–Crippen MR) is 66.6 cm³/mol. The van der Waals surface area contributed by atoms with E-state index in [-0.39, 0.29) is 0 Å². The summed E-state index contributed by atoms with van der Waals surface area (Å²) in [6.45, 7) is 2.27. The molecule has 4 nitrogen and oxygen atoms in total. The molecule has 3 heterocycles. The number of ether oxygens (including phenoxy) is 1. The Morgan fingerprint density at radius 2 is 2.35 bits per heavy atom. The summed E-state index contributed by atoms with van der Waals surface area (Å²) in [4.78, 5) is 7.06. The smallest absolute Gasteiger partial charge is 0.179 e. The van der Waals surface area contributed by atoms with E-state index in [1.807, 2.05) is 22.7 Å². The molecule has 3 rings (SSSR count). The van der Waals surface area contributed by atoms with Crippen molar-refractivity contribution in [2.75, 3.05) is 27.2 Å². The summed E-state index contributed by atoms with van der Waals surface area (Å²) >= 11 is 0. The first kappa shape index (κ1) is 10.6. The summed E-state index contributed by atoms with van der Waals surface area (Å²) in [6, 6.07) is 3.94. The molecule has 0 N–H and O–H groups in total. The van der Waals surface area contributed by atoms with Gasteiger partial charge >= 0.3 is 0 Å². The van der Waals surface area contributed by atoms with Crippen LogP contribution in [0.3, 0.4) is 0 Å². The Bertz CT molecular complexity index is 534. The summed E-state index contributed by atoms with van der Waals surface area (Å²) in [5, 5.41) is 0. The Morgan fingerprint density at radius 3 is 3.06 bits per heavy atom. The van der Waals surface area contributed by atoms with Gasteiger partial charge in [-0.25, -0.2) is 4.98 Å². The Balaban J connectivity index is 2.01. The Labute approximate surface area is 101 Å². The van der Waals surface area contributed by atoms with Gasteiger partial charge in [0.1, 0.15) is 0 Å². The van der Waals surface area contributed by atoms with Gasteiger partial charge in [0.05, 0.1) is 12.8 Å². The highest BCUT2D eigenvalue weighted by molar-refractivity contribution is 5.54. The van der Waals surface area contributed by atoms with Gasteiger partial charge < -0.3 is 14.0 Å². The molecule has 0 spiro atoms. The molecule has 1 unspecified atom stereocenters. The molecule has 1 fully saturated rings. The highest BCUT2D eigenvalue weighted by atomic mass is 16.5. The number of imidazole rings is 1. The van der Waals surface area contributed by atoms with E-state index < -0.39 is 0 Å². The number of pyridine rings is 1. The first-order chi connectivity index (χ1) is 8.28. The molecule has 1 aliphatic heterocycles. The maximum atomic E-state index is 5.33. The summed E-state index contributed by atoms with van der Waals surface area (Å²) in [5.74, 6) is 1.40. The van der Waals surface area contributed by atoms with Gasteiger partial charge in [-0.2, -0.15) is 0 Å². The van der Waals surface area contributed by atoms with Crippen molar-refractivity contribution in [3.63, 3.8) is 0 Å². The quantitative estimate of drug-likeness (QED) is 0.789. The number of nitrogens with zero attached hydrogens (tertiary/aromatic N) is 3. The van der Waals surface area contributed by atoms with Crippen LogP contribution >= 0.6 is 0 Å². The standard InChI is InChI=1S/C13H17N3O/c1-15-7-5-10(8-15)11-9-16-6-3-4-12(17-2)13(16)14-11/h3-4,6,9-10H,5,7-8H2,1-2H3. The molecule has 1 aliphatic rings. The average molecular weight is 231 g/mol. The van der Waals surface area contributed by atoms with Gasteiger partial charge in [0, 0.05) is 24.9 Å². The molecule has 0 radical (unpaired) electrons. The second-order valence-corrected chi connectivity index (χ2v) is 4.72. The van der Waals surface area contributed by atoms with Gasteiger partial charge in [-0.05, 0) is 32.1 Å². The maximum absolute atomic E-state index is 5.33. The first-order valence-electron chi connectivity index (χ1n) is 5.98. The zero-order valence-corrected chi connectivity index (χ0v) is 10.3. The van der Waals surface area contributed by atoms with Crippen LogP contribution in [-0.4, -0.2) is 41.5 Å². The molecule has 0 bridgehead atoms. The summed E-state index contributed by atoms with van der Waals surface area (Å²) < 4.78 is 7.38. The first-order valence-corrected chi connectivity index (χ1v) is 5.98. The largest absolute Gasteiger partial charge is 0.493 e. The summed E-state index contributed by atoms with van der Waals surface area (Å²) in [5.41, 5.74) is 2.10. The minimum atomic E-state index is 0.560. The van der Waals surface area contributed by atoms with Crippen LogP contribution in [-0.2, 0) is 0 Å². The van der Waals surface area contributed by atoms with Gasteiger partial charge in [0.2, 0.25) is 0 Å². The molecule has 0 saturated carbocycles. The Kier molecular flexibility index (Phi) is 2.52. The second-order valence-electron chi connectivity index (χ2n) is 4.72. The van der Waals surface area contributed by atoms with Gasteiger partial charge in [-0.1, -0.05) is 0 Å². The molecule has 0 aromatic carbocycles. The number of hydrogen-bond donors (Lipinski definition) is 0. The van der Waals surface area contributed by atoms with Crippen LogP contribution in [0.1, 0.15) is 18.0 Å². The highest BCUT2D eigenvalue weighted by Gasteiger charge is 2.23. The molecular weight excluding hydrogens is 214 g/mol. The normalized spacial score (nSPS) is 21.2. The third-order valence-corrected chi connectivity index (χ3v) is 3.50. The van der Waals surface area contributed by atoms with Crippen LogP contribution in [0, 0.1) is 0 Å². The van der Waals surface area contributed by atoms with Crippen molar-refractivity contribution in [2.45, 2.75) is 12.3 Å². The fraction of sp³-hybridized carbons (Fsp3) is 0.462. The molecule has 0 aliphatic carbocycles. The van der Waals surface area contributed by atoms with Crippen molar-refractivity contribution in [3.8, 4) is 5.75 Å². The number of likely N-dealkylation sites (N-methyl/N-ethyl adjacent to an activating group) is 1. The van der Waals surface area contributed by atoms with E-state index in [0.717, 1.165) is 24.5 Å². The molecule has 1 saturated heterocycles. The van der Waals surface area contributed by atoms with Crippen molar-refractivity contribution in [1.29, 1.82) is 0 Å². The van der Waals surface area contributed by atoms with Gasteiger partial charge in [0.25, 0.3) is 0 Å². The third-order valence-electron chi connectivity index (χ3n) is 3.50. The van der Waals surface area contributed by atoms with E-state index in [2.05, 4.69) is 18.1 Å². The molecular formula is C13H17N3O. The molecule has 90 valence electrons. The van der Waals surface area contributed by atoms with Crippen LogP contribution in [0.25, 0.3) is 5.65 Å². The lowest BCUT2D eigenvalue weighted by atomic mass is 10.1. The zero-order valence-electron chi connectivity index (χ0n) is 10.3. The highest BCUT2D eigenvalue weighted by Crippen LogP contribution is 2.27. The van der Waals surface area contributed by atoms with Gasteiger partial charge in [-0.15, -0.1) is 0 Å². The van der Waals surface area contributed by atoms with Crippen molar-refractivity contribution in [1.82, 2.24) is 14.3 Å². The fourth-order valence-corrected chi connectivity index (χ4v) is 2.54. The number of fused-ring (bicyclic) bond motifs is 1. The third kappa shape index (κ3) is 1.78. The van der Waals surface area contributed by atoms with Gasteiger partial charge in [0.15, 0.2) is 11.4 Å². The molecule has 17 heavy (non-hydrogen) atoms. The molecule has 2 aromatic rings. The molecule has 4 heteroatoms. The van der Waals surface area contributed by atoms with Crippen LogP contribution in [0.15, 0.2) is 24.5 Å². The SMILES string of the molecule is COc1cccn2cc(C3CCN(C)C3)nc12. The summed E-state index contributed by atoms with van der Waals surface area (Å²) in [6.07, 6.45) is 5.34. The van der Waals surface area contributed by atoms with Crippen molar-refractivity contribution < 1.29 is 4.74 Å². The van der Waals surface area contributed by atoms with Crippen LogP contribution < -0.4 is 4.74 Å². The van der Waals surface area contributed by atoms with E-state index >= 15 is 0 Å². The van der Waals surface area contributed by atoms with Crippen molar-refractivity contribution in [2.24, 2.45) is 0 Å². The van der Waals surface area contributed by atoms with E-state index in [1.165, 1.54) is 12.1 Å². The lowest BCUT2D eigenvalue weighted by Crippen LogP contribution is -2.13. The number of rotatable bonds is 2. The van der Waals surface area contributed by atoms with E-state index in [4.69, 9.17) is 9.72 Å². The average Bonchev–Trinajstić information content (AvgIpc) is 2.93. The predicted octanol–water partition coefficient (Wildman–Crippen LogP) is 1.76. The minimum Gasteiger partial charge on any atom is -0.493 e. The lowest BCUT2D eigenvalue weighted by molar-refractivity contribution is 0.410. The Hall–Kier alpha value is -1.55. The van der Waals surface area contributed by atoms with Crippen LogP contribution in [0.2, 0.25) is 0 Å². The van der Waals surface area contributed by atoms with E-state index in [9.17, 15) is 0 Å². The number of methoxy groups -OCH3 is 1. The van der Waals surface area contributed by atoms with Gasteiger partial charge in [-0.3, -0.25) is 0 Å². The zero-order chi connectivity index (χ0) is 11.8. The Morgan fingerprint density at radius 1 is 1.47 bits per heavy atom. The topological polar surface area (TPSA) is 29.8 Å². The number of aromatic nitrogens is 2. The van der Waals surface area contributed by atoms with E-state index in [1.54, 1.807) is 7.11 Å². The molecule has 2 aromatic heterocycles. The minimum absolute atomic E-state index is 0.560. The molecule has 1 atom stereocenters. The van der Waals surface area contributed by atoms with Crippen LogP contribution in [0.4, 0.5) is 0 Å². The lowest BCUT2D eigenvalue weighted by Gasteiger charge is -2.06. The monoisotopic (exact) mass is 231 g/mol. The van der Waals surface area contributed by atoms with Crippen LogP contribution in [0.5, 0.6) is 5.75 Å².